The van der Waals surface area contributed by atoms with Gasteiger partial charge in [0, 0.05) is 30.1 Å². The molecule has 0 amide bonds. The second-order valence-corrected chi connectivity index (χ2v) is 5.58. The predicted octanol–water partition coefficient (Wildman–Crippen LogP) is 1.35. The summed E-state index contributed by atoms with van der Waals surface area (Å²) in [5, 5.41) is 6.55. The first-order valence-electron chi connectivity index (χ1n) is 6.46. The Bertz CT molecular complexity index is 395. The zero-order valence-corrected chi connectivity index (χ0v) is 11.6. The van der Waals surface area contributed by atoms with Crippen molar-refractivity contribution in [1.29, 1.82) is 0 Å². The number of hydrogen-bond acceptors (Lipinski definition) is 4. The van der Waals surface area contributed by atoms with E-state index in [9.17, 15) is 0 Å². The average Bonchev–Trinajstić information content (AvgIpc) is 3.00. The van der Waals surface area contributed by atoms with Gasteiger partial charge in [0.05, 0.1) is 5.01 Å². The maximum absolute atomic E-state index is 5.48. The highest BCUT2D eigenvalue weighted by Gasteiger charge is 2.15. The molecule has 1 heterocycles. The number of rotatable bonds is 4. The van der Waals surface area contributed by atoms with Crippen LogP contribution >= 0.6 is 11.3 Å². The molecule has 0 radical (unpaired) electrons. The number of aromatic nitrogens is 1. The van der Waals surface area contributed by atoms with Crippen LogP contribution < -0.4 is 16.6 Å². The number of nitrogens with one attached hydrogen (secondary N) is 2. The van der Waals surface area contributed by atoms with Crippen LogP contribution in [0, 0.1) is 6.92 Å². The highest BCUT2D eigenvalue weighted by molar-refractivity contribution is 7.09. The molecular weight excluding hydrogens is 246 g/mol. The third-order valence-electron chi connectivity index (χ3n) is 3.09. The monoisotopic (exact) mass is 267 g/mol. The fourth-order valence-electron chi connectivity index (χ4n) is 2.18. The average molecular weight is 267 g/mol. The van der Waals surface area contributed by atoms with Gasteiger partial charge in [0.25, 0.3) is 0 Å². The van der Waals surface area contributed by atoms with Gasteiger partial charge in [-0.1, -0.05) is 12.8 Å². The highest BCUT2D eigenvalue weighted by Crippen LogP contribution is 2.17. The lowest BCUT2D eigenvalue weighted by molar-refractivity contribution is 0.614. The van der Waals surface area contributed by atoms with E-state index in [-0.39, 0.29) is 0 Å². The fraction of sp³-hybridized carbons (Fsp3) is 0.667. The summed E-state index contributed by atoms with van der Waals surface area (Å²) >= 11 is 1.69. The Balaban J connectivity index is 1.78. The van der Waals surface area contributed by atoms with E-state index in [1.54, 1.807) is 11.3 Å². The van der Waals surface area contributed by atoms with E-state index in [4.69, 9.17) is 5.84 Å². The molecule has 0 saturated heterocycles. The normalized spacial score (nSPS) is 17.1. The number of thiazole rings is 1. The maximum atomic E-state index is 5.48. The van der Waals surface area contributed by atoms with Gasteiger partial charge in [0.15, 0.2) is 0 Å². The van der Waals surface area contributed by atoms with E-state index < -0.39 is 0 Å². The number of nitrogens with two attached hydrogens (primary N) is 1. The highest BCUT2D eigenvalue weighted by atomic mass is 32.1. The van der Waals surface area contributed by atoms with Crippen molar-refractivity contribution in [3.05, 3.63) is 16.1 Å². The zero-order valence-electron chi connectivity index (χ0n) is 10.8. The molecule has 1 aliphatic rings. The van der Waals surface area contributed by atoms with Crippen molar-refractivity contribution in [1.82, 2.24) is 15.7 Å². The first kappa shape index (κ1) is 13.3. The number of guanidine groups is 1. The molecule has 0 spiro atoms. The van der Waals surface area contributed by atoms with E-state index in [1.165, 1.54) is 25.7 Å². The summed E-state index contributed by atoms with van der Waals surface area (Å²) in [7, 11) is 0. The molecule has 1 aliphatic carbocycles. The predicted molar refractivity (Wildman–Crippen MR) is 75.6 cm³/mol. The van der Waals surface area contributed by atoms with Crippen molar-refractivity contribution in [3.8, 4) is 0 Å². The third-order valence-corrected chi connectivity index (χ3v) is 4.12. The van der Waals surface area contributed by atoms with Crippen LogP contribution in [0.3, 0.4) is 0 Å². The fourth-order valence-corrected chi connectivity index (χ4v) is 2.94. The van der Waals surface area contributed by atoms with Crippen LogP contribution in [-0.4, -0.2) is 23.5 Å². The van der Waals surface area contributed by atoms with Gasteiger partial charge in [0.1, 0.15) is 0 Å². The second kappa shape index (κ2) is 6.70. The molecule has 1 aromatic heterocycles. The van der Waals surface area contributed by atoms with Gasteiger partial charge in [-0.2, -0.15) is 0 Å². The number of hydrazine groups is 1. The molecule has 0 unspecified atom stereocenters. The Morgan fingerprint density at radius 1 is 1.56 bits per heavy atom. The van der Waals surface area contributed by atoms with Crippen molar-refractivity contribution in [2.24, 2.45) is 10.8 Å². The summed E-state index contributed by atoms with van der Waals surface area (Å²) in [5.74, 6) is 6.18. The summed E-state index contributed by atoms with van der Waals surface area (Å²) in [6, 6.07) is 0.530. The smallest absolute Gasteiger partial charge is 0.205 e. The molecule has 0 aliphatic heterocycles. The van der Waals surface area contributed by atoms with E-state index in [0.29, 0.717) is 18.5 Å². The number of aryl methyl sites for hydroxylation is 1. The molecule has 1 aromatic rings. The van der Waals surface area contributed by atoms with Crippen molar-refractivity contribution in [2.75, 3.05) is 6.54 Å². The molecule has 1 saturated carbocycles. The summed E-state index contributed by atoms with van der Waals surface area (Å²) in [4.78, 5) is 8.86. The van der Waals surface area contributed by atoms with Crippen LogP contribution in [-0.2, 0) is 6.42 Å². The molecule has 0 bridgehead atoms. The molecule has 0 aromatic carbocycles. The maximum Gasteiger partial charge on any atom is 0.205 e. The van der Waals surface area contributed by atoms with Crippen LogP contribution in [0.1, 0.15) is 36.4 Å². The van der Waals surface area contributed by atoms with Crippen molar-refractivity contribution in [2.45, 2.75) is 45.1 Å². The molecule has 18 heavy (non-hydrogen) atoms. The van der Waals surface area contributed by atoms with Gasteiger partial charge in [-0.25, -0.2) is 10.8 Å². The van der Waals surface area contributed by atoms with Gasteiger partial charge in [-0.05, 0) is 19.8 Å². The van der Waals surface area contributed by atoms with Crippen LogP contribution in [0.15, 0.2) is 10.4 Å². The molecule has 4 N–H and O–H groups in total. The molecule has 2 rings (SSSR count). The number of nitrogens with zero attached hydrogens (tertiary/aromatic N) is 2. The Labute approximate surface area is 112 Å². The lowest BCUT2D eigenvalue weighted by Crippen LogP contribution is -2.45. The van der Waals surface area contributed by atoms with Crippen molar-refractivity contribution in [3.63, 3.8) is 0 Å². The first-order valence-corrected chi connectivity index (χ1v) is 7.34. The van der Waals surface area contributed by atoms with Crippen molar-refractivity contribution < 1.29 is 0 Å². The standard InChI is InChI=1S/C12H21N5S/c1-9-8-18-11(15-9)6-7-14-12(17-13)16-10-4-2-3-5-10/h8,10H,2-7,13H2,1H3,(H2,14,16,17). The van der Waals surface area contributed by atoms with E-state index in [1.807, 2.05) is 6.92 Å². The quantitative estimate of drug-likeness (QED) is 0.333. The summed E-state index contributed by atoms with van der Waals surface area (Å²) in [5.41, 5.74) is 3.73. The van der Waals surface area contributed by atoms with E-state index in [2.05, 4.69) is 26.1 Å². The Hall–Kier alpha value is -1.14. The van der Waals surface area contributed by atoms with E-state index in [0.717, 1.165) is 17.1 Å². The van der Waals surface area contributed by atoms with Gasteiger partial charge in [0.2, 0.25) is 5.96 Å². The molecule has 5 nitrogen and oxygen atoms in total. The second-order valence-electron chi connectivity index (χ2n) is 4.63. The SMILES string of the molecule is Cc1csc(CCN=C(NN)NC2CCCC2)n1. The molecule has 6 heteroatoms. The van der Waals surface area contributed by atoms with Crippen LogP contribution in [0.4, 0.5) is 0 Å². The number of aliphatic imine (C=N–C) groups is 1. The Morgan fingerprint density at radius 2 is 2.33 bits per heavy atom. The summed E-state index contributed by atoms with van der Waals surface area (Å²) in [6.45, 7) is 2.73. The van der Waals surface area contributed by atoms with Gasteiger partial charge in [-0.15, -0.1) is 11.3 Å². The molecule has 0 atom stereocenters. The lowest BCUT2D eigenvalue weighted by atomic mass is 10.2. The van der Waals surface area contributed by atoms with Gasteiger partial charge >= 0.3 is 0 Å². The minimum absolute atomic E-state index is 0.530. The minimum atomic E-state index is 0.530. The summed E-state index contributed by atoms with van der Waals surface area (Å²) < 4.78 is 0. The Kier molecular flexibility index (Phi) is 4.95. The van der Waals surface area contributed by atoms with Crippen LogP contribution in [0.2, 0.25) is 0 Å². The first-order chi connectivity index (χ1) is 8.78. The molecular formula is C12H21N5S. The third kappa shape index (κ3) is 3.96. The molecule has 1 fully saturated rings. The number of hydrogen-bond donors (Lipinski definition) is 3. The van der Waals surface area contributed by atoms with Crippen LogP contribution in [0.5, 0.6) is 0 Å². The Morgan fingerprint density at radius 3 is 2.94 bits per heavy atom. The van der Waals surface area contributed by atoms with Crippen LogP contribution in [0.25, 0.3) is 0 Å². The lowest BCUT2D eigenvalue weighted by Gasteiger charge is -2.14. The van der Waals surface area contributed by atoms with E-state index >= 15 is 0 Å². The van der Waals surface area contributed by atoms with Gasteiger partial charge < -0.3 is 5.32 Å². The largest absolute Gasteiger partial charge is 0.353 e. The topological polar surface area (TPSA) is 75.3 Å². The van der Waals surface area contributed by atoms with Gasteiger partial charge in [-0.3, -0.25) is 10.4 Å². The van der Waals surface area contributed by atoms with Crippen molar-refractivity contribution >= 4 is 17.3 Å². The molecule has 100 valence electrons. The summed E-state index contributed by atoms with van der Waals surface area (Å²) in [6.07, 6.45) is 5.90. The zero-order chi connectivity index (χ0) is 12.8. The minimum Gasteiger partial charge on any atom is -0.353 e.